The van der Waals surface area contributed by atoms with Gasteiger partial charge in [0.2, 0.25) is 5.91 Å². The molecule has 2 aliphatic rings. The molecule has 6 rings (SSSR count). The van der Waals surface area contributed by atoms with Gasteiger partial charge in [-0.05, 0) is 49.2 Å². The predicted molar refractivity (Wildman–Crippen MR) is 171 cm³/mol. The lowest BCUT2D eigenvalue weighted by Crippen LogP contribution is -2.52. The Morgan fingerprint density at radius 2 is 1.67 bits per heavy atom. The molecule has 252 valence electrons. The van der Waals surface area contributed by atoms with Gasteiger partial charge in [-0.15, -0.1) is 0 Å². The Morgan fingerprint density at radius 1 is 0.958 bits per heavy atom. The average molecular weight is 683 g/mol. The smallest absolute Gasteiger partial charge is 0.345 e. The van der Waals surface area contributed by atoms with Crippen LogP contribution in [0.1, 0.15) is 56.3 Å². The summed E-state index contributed by atoms with van der Waals surface area (Å²) >= 11 is 6.49. The molecule has 0 radical (unpaired) electrons. The summed E-state index contributed by atoms with van der Waals surface area (Å²) in [5.41, 5.74) is 0.596. The zero-order chi connectivity index (χ0) is 33.8. The summed E-state index contributed by atoms with van der Waals surface area (Å²) < 4.78 is 41.5. The van der Waals surface area contributed by atoms with Gasteiger partial charge in [0.1, 0.15) is 0 Å². The number of benzene rings is 2. The molecule has 2 saturated heterocycles. The molecule has 0 saturated carbocycles. The number of carbonyl (C=O) groups is 3. The maximum atomic E-state index is 13.8. The molecule has 0 spiro atoms. The van der Waals surface area contributed by atoms with Crippen molar-refractivity contribution in [2.75, 3.05) is 39.3 Å². The molecule has 15 heteroatoms. The fourth-order valence-electron chi connectivity index (χ4n) is 6.10. The number of alkyl halides is 3. The third-order valence-electron chi connectivity index (χ3n) is 8.68. The van der Waals surface area contributed by atoms with Crippen LogP contribution in [0.25, 0.3) is 11.3 Å². The Balaban J connectivity index is 1.07. The lowest BCUT2D eigenvalue weighted by atomic mass is 9.96. The Hall–Kier alpha value is -4.69. The largest absolute Gasteiger partial charge is 0.435 e. The van der Waals surface area contributed by atoms with Gasteiger partial charge in [-0.2, -0.15) is 18.3 Å². The number of hydrogen-bond donors (Lipinski definition) is 4. The molecule has 2 aromatic carbocycles. The Morgan fingerprint density at radius 3 is 2.35 bits per heavy atom. The number of nitrogens with one attached hydrogen (secondary N) is 4. The number of aromatic nitrogens is 4. The van der Waals surface area contributed by atoms with E-state index in [9.17, 15) is 27.6 Å². The van der Waals surface area contributed by atoms with Gasteiger partial charge < -0.3 is 25.4 Å². The highest BCUT2D eigenvalue weighted by molar-refractivity contribution is 6.33. The summed E-state index contributed by atoms with van der Waals surface area (Å²) in [6.07, 6.45) is -1.75. The number of rotatable bonds is 8. The Kier molecular flexibility index (Phi) is 9.83. The summed E-state index contributed by atoms with van der Waals surface area (Å²) in [6.45, 7) is 3.46. The van der Waals surface area contributed by atoms with Crippen LogP contribution in [-0.2, 0) is 23.9 Å². The number of aromatic amines is 2. The second-order valence-electron chi connectivity index (χ2n) is 11.9. The lowest BCUT2D eigenvalue weighted by Gasteiger charge is -2.37. The van der Waals surface area contributed by atoms with E-state index in [0.717, 1.165) is 31.5 Å². The first-order valence-electron chi connectivity index (χ1n) is 15.7. The van der Waals surface area contributed by atoms with E-state index < -0.39 is 17.8 Å². The molecule has 2 aromatic heterocycles. The number of nitrogens with zero attached hydrogens (tertiary/aromatic N) is 4. The fourth-order valence-corrected chi connectivity index (χ4v) is 6.38. The SMILES string of the molecule is O=C(NCc1ccc(C(=O)N2CCN(C(=O)C3CCNCC3)CC2)c(Cl)c1)c1ncc(-c2c(C(F)(F)F)n[nH]c2Cc2ccccc2)[nH]1. The summed E-state index contributed by atoms with van der Waals surface area (Å²) in [5.74, 6) is -0.880. The first kappa shape index (κ1) is 33.2. The van der Waals surface area contributed by atoms with Crippen molar-refractivity contribution in [1.29, 1.82) is 0 Å². The number of halogens is 4. The van der Waals surface area contributed by atoms with Crippen LogP contribution in [0.3, 0.4) is 0 Å². The average Bonchev–Trinajstić information content (AvgIpc) is 3.75. The zero-order valence-corrected chi connectivity index (χ0v) is 26.6. The molecule has 48 heavy (non-hydrogen) atoms. The molecule has 0 bridgehead atoms. The van der Waals surface area contributed by atoms with E-state index in [-0.39, 0.29) is 58.5 Å². The Bertz CT molecular complexity index is 1780. The third kappa shape index (κ3) is 7.39. The number of amides is 3. The number of piperazine rings is 1. The van der Waals surface area contributed by atoms with Crippen molar-refractivity contribution in [1.82, 2.24) is 40.6 Å². The van der Waals surface area contributed by atoms with E-state index in [1.807, 2.05) is 11.0 Å². The minimum atomic E-state index is -4.73. The van der Waals surface area contributed by atoms with Gasteiger partial charge in [-0.3, -0.25) is 19.5 Å². The topological polar surface area (TPSA) is 139 Å². The molecule has 4 N–H and O–H groups in total. The van der Waals surface area contributed by atoms with Crippen molar-refractivity contribution in [3.63, 3.8) is 0 Å². The van der Waals surface area contributed by atoms with Gasteiger partial charge >= 0.3 is 6.18 Å². The van der Waals surface area contributed by atoms with Crippen LogP contribution in [-0.4, -0.2) is 87.0 Å². The van der Waals surface area contributed by atoms with Gasteiger partial charge in [-0.25, -0.2) is 4.98 Å². The van der Waals surface area contributed by atoms with Crippen LogP contribution in [0, 0.1) is 5.92 Å². The second kappa shape index (κ2) is 14.2. The van der Waals surface area contributed by atoms with Crippen LogP contribution in [0.15, 0.2) is 54.7 Å². The monoisotopic (exact) mass is 682 g/mol. The standard InChI is InChI=1S/C33H34ClF3N8O3/c34-24-16-21(6-7-23(24)32(48)45-14-12-44(13-15-45)31(47)22-8-10-38-11-9-22)18-40-30(46)29-39-19-26(41-29)27-25(17-20-4-2-1-3-5-20)42-43-28(27)33(35,36)37/h1-7,16,19,22,38H,8-15,17-18H2,(H,39,41)(H,40,46)(H,42,43). The molecular formula is C33H34ClF3N8O3. The van der Waals surface area contributed by atoms with Crippen LogP contribution in [0.4, 0.5) is 13.2 Å². The summed E-state index contributed by atoms with van der Waals surface area (Å²) in [6, 6.07) is 13.8. The molecule has 2 fully saturated rings. The number of hydrogen-bond acceptors (Lipinski definition) is 6. The van der Waals surface area contributed by atoms with E-state index in [0.29, 0.717) is 37.3 Å². The maximum Gasteiger partial charge on any atom is 0.435 e. The number of piperidine rings is 1. The summed E-state index contributed by atoms with van der Waals surface area (Å²) in [7, 11) is 0. The van der Waals surface area contributed by atoms with Crippen molar-refractivity contribution < 1.29 is 27.6 Å². The van der Waals surface area contributed by atoms with Crippen molar-refractivity contribution in [3.8, 4) is 11.3 Å². The highest BCUT2D eigenvalue weighted by Gasteiger charge is 2.39. The van der Waals surface area contributed by atoms with E-state index in [1.54, 1.807) is 47.4 Å². The molecule has 11 nitrogen and oxygen atoms in total. The number of imidazole rings is 1. The third-order valence-corrected chi connectivity index (χ3v) is 8.99. The number of H-pyrrole nitrogens is 2. The quantitative estimate of drug-likeness (QED) is 0.219. The van der Waals surface area contributed by atoms with Gasteiger partial charge in [0.25, 0.3) is 11.8 Å². The van der Waals surface area contributed by atoms with Crippen molar-refractivity contribution >= 4 is 29.3 Å². The lowest BCUT2D eigenvalue weighted by molar-refractivity contribution is -0.140. The minimum Gasteiger partial charge on any atom is -0.345 e. The molecule has 0 unspecified atom stereocenters. The van der Waals surface area contributed by atoms with Crippen LogP contribution in [0.5, 0.6) is 0 Å². The molecule has 4 heterocycles. The van der Waals surface area contributed by atoms with E-state index in [4.69, 9.17) is 11.6 Å². The van der Waals surface area contributed by atoms with Crippen molar-refractivity contribution in [2.24, 2.45) is 5.92 Å². The molecule has 3 amide bonds. The normalized spacial score (nSPS) is 15.8. The Labute approximate surface area is 279 Å². The predicted octanol–water partition coefficient (Wildman–Crippen LogP) is 4.28. The maximum absolute atomic E-state index is 13.8. The van der Waals surface area contributed by atoms with E-state index in [2.05, 4.69) is 30.8 Å². The van der Waals surface area contributed by atoms with Crippen LogP contribution in [0.2, 0.25) is 5.02 Å². The molecule has 2 aliphatic heterocycles. The van der Waals surface area contributed by atoms with Crippen molar-refractivity contribution in [2.45, 2.75) is 32.0 Å². The highest BCUT2D eigenvalue weighted by atomic mass is 35.5. The van der Waals surface area contributed by atoms with E-state index in [1.165, 1.54) is 6.20 Å². The van der Waals surface area contributed by atoms with Crippen molar-refractivity contribution in [3.05, 3.63) is 93.7 Å². The van der Waals surface area contributed by atoms with Gasteiger partial charge in [0.15, 0.2) is 11.5 Å². The molecule has 0 atom stereocenters. The second-order valence-corrected chi connectivity index (χ2v) is 12.3. The molecule has 4 aromatic rings. The van der Waals surface area contributed by atoms with E-state index >= 15 is 0 Å². The fraction of sp³-hybridized carbons (Fsp3) is 0.364. The minimum absolute atomic E-state index is 0.00504. The van der Waals surface area contributed by atoms with Crippen LogP contribution >= 0.6 is 11.6 Å². The molecular weight excluding hydrogens is 649 g/mol. The zero-order valence-electron chi connectivity index (χ0n) is 25.9. The first-order valence-corrected chi connectivity index (χ1v) is 16.1. The van der Waals surface area contributed by atoms with Gasteiger partial charge in [-0.1, -0.05) is 48.0 Å². The summed E-state index contributed by atoms with van der Waals surface area (Å²) in [5, 5.41) is 12.2. The van der Waals surface area contributed by atoms with Gasteiger partial charge in [0, 0.05) is 50.8 Å². The number of carbonyl (C=O) groups excluding carboxylic acids is 3. The first-order chi connectivity index (χ1) is 23.1. The van der Waals surface area contributed by atoms with Gasteiger partial charge in [0.05, 0.1) is 28.0 Å². The van der Waals surface area contributed by atoms with Crippen LogP contribution < -0.4 is 10.6 Å². The molecule has 0 aliphatic carbocycles. The highest BCUT2D eigenvalue weighted by Crippen LogP contribution is 2.37. The summed E-state index contributed by atoms with van der Waals surface area (Å²) in [4.78, 5) is 49.3.